The van der Waals surface area contributed by atoms with E-state index in [0.717, 1.165) is 0 Å². The van der Waals surface area contributed by atoms with Crippen LogP contribution < -0.4 is 5.32 Å². The summed E-state index contributed by atoms with van der Waals surface area (Å²) in [6.45, 7) is 7.57. The van der Waals surface area contributed by atoms with Crippen molar-refractivity contribution in [2.45, 2.75) is 39.8 Å². The summed E-state index contributed by atoms with van der Waals surface area (Å²) in [5, 5.41) is 2.76. The number of carbonyl (C=O) groups is 2. The zero-order valence-electron chi connectivity index (χ0n) is 8.83. The molecule has 1 aliphatic rings. The van der Waals surface area contributed by atoms with Gasteiger partial charge in [0.25, 0.3) is 5.11 Å². The largest absolute Gasteiger partial charge is 0.411 e. The number of carbonyl (C=O) groups excluding carboxylic acids is 2. The first-order valence-corrected chi connectivity index (χ1v) is 5.04. The Morgan fingerprint density at radius 1 is 1.14 bits per heavy atom. The lowest BCUT2D eigenvalue weighted by molar-refractivity contribution is -0.802. The fraction of sp³-hybridized carbons (Fsp3) is 0.667. The van der Waals surface area contributed by atoms with Crippen LogP contribution in [-0.2, 0) is 9.59 Å². The third-order valence-corrected chi connectivity index (χ3v) is 3.12. The van der Waals surface area contributed by atoms with Crippen molar-refractivity contribution >= 4 is 29.1 Å². The maximum absolute atomic E-state index is 11.8. The molecule has 0 spiro atoms. The summed E-state index contributed by atoms with van der Waals surface area (Å²) >= 11 is 5.08. The van der Waals surface area contributed by atoms with Gasteiger partial charge in [-0.25, -0.2) is 4.79 Å². The number of nitrogens with one attached hydrogen (secondary N) is 1. The minimum atomic E-state index is -0.586. The molecule has 5 heteroatoms. The predicted octanol–water partition coefficient (Wildman–Crippen LogP) is 0.561. The molecule has 78 valence electrons. The van der Waals surface area contributed by atoms with Gasteiger partial charge in [-0.05, 0) is 27.7 Å². The van der Waals surface area contributed by atoms with Gasteiger partial charge in [0.05, 0.1) is 12.1 Å². The van der Waals surface area contributed by atoms with Crippen LogP contribution in [0.5, 0.6) is 0 Å². The summed E-state index contributed by atoms with van der Waals surface area (Å²) in [5.41, 5.74) is 0. The van der Waals surface area contributed by atoms with Gasteiger partial charge >= 0.3 is 11.8 Å². The minimum absolute atomic E-state index is 0.0195. The van der Waals surface area contributed by atoms with Crippen molar-refractivity contribution in [1.29, 1.82) is 0 Å². The lowest BCUT2D eigenvalue weighted by atomic mass is 10.1. The van der Waals surface area contributed by atoms with Gasteiger partial charge in [-0.1, -0.05) is 0 Å². The molecular formula is C9H15N2O2S+. The maximum atomic E-state index is 11.8. The number of thiocarbonyl (C=S) groups is 1. The fourth-order valence-electron chi connectivity index (χ4n) is 2.04. The minimum Gasteiger partial charge on any atom is -0.259 e. The molecule has 4 nitrogen and oxygen atoms in total. The van der Waals surface area contributed by atoms with E-state index in [1.807, 2.05) is 27.7 Å². The van der Waals surface area contributed by atoms with Gasteiger partial charge < -0.3 is 0 Å². The number of nitrogens with zero attached hydrogens (tertiary/aromatic N) is 1. The van der Waals surface area contributed by atoms with Crippen LogP contribution in [0.3, 0.4) is 0 Å². The smallest absolute Gasteiger partial charge is 0.259 e. The van der Waals surface area contributed by atoms with Crippen LogP contribution in [0, 0.1) is 0 Å². The van der Waals surface area contributed by atoms with Crippen LogP contribution in [-0.4, -0.2) is 33.5 Å². The highest BCUT2D eigenvalue weighted by molar-refractivity contribution is 7.80. The first kappa shape index (κ1) is 11.3. The van der Waals surface area contributed by atoms with Crippen molar-refractivity contribution in [2.75, 3.05) is 0 Å². The molecule has 1 heterocycles. The first-order valence-electron chi connectivity index (χ1n) is 4.64. The summed E-state index contributed by atoms with van der Waals surface area (Å²) < 4.78 is -0.0475. The predicted molar refractivity (Wildman–Crippen MR) is 56.3 cm³/mol. The third kappa shape index (κ3) is 1.19. The summed E-state index contributed by atoms with van der Waals surface area (Å²) in [5.74, 6) is -1.03. The van der Waals surface area contributed by atoms with E-state index in [4.69, 9.17) is 12.2 Å². The Morgan fingerprint density at radius 3 is 1.71 bits per heavy atom. The van der Waals surface area contributed by atoms with Gasteiger partial charge in [-0.15, -0.1) is 0 Å². The van der Waals surface area contributed by atoms with Crippen molar-refractivity contribution < 1.29 is 14.1 Å². The molecule has 0 radical (unpaired) electrons. The fourth-order valence-corrected chi connectivity index (χ4v) is 2.63. The molecule has 0 aliphatic carbocycles. The van der Waals surface area contributed by atoms with E-state index in [9.17, 15) is 9.59 Å². The van der Waals surface area contributed by atoms with Gasteiger partial charge in [0.2, 0.25) is 0 Å². The molecule has 14 heavy (non-hydrogen) atoms. The Morgan fingerprint density at radius 2 is 1.57 bits per heavy atom. The highest BCUT2D eigenvalue weighted by Gasteiger charge is 2.56. The Balaban J connectivity index is 3.29. The molecule has 1 aliphatic heterocycles. The van der Waals surface area contributed by atoms with Crippen molar-refractivity contribution in [1.82, 2.24) is 5.32 Å². The quantitative estimate of drug-likeness (QED) is 0.416. The number of hydrogen-bond acceptors (Lipinski definition) is 3. The molecule has 1 saturated heterocycles. The second-order valence-corrected chi connectivity index (χ2v) is 4.42. The van der Waals surface area contributed by atoms with E-state index in [1.54, 1.807) is 0 Å². The molecule has 2 amide bonds. The molecule has 1 rings (SSSR count). The van der Waals surface area contributed by atoms with Crippen LogP contribution in [0.4, 0.5) is 0 Å². The van der Waals surface area contributed by atoms with E-state index in [-0.39, 0.29) is 16.6 Å². The summed E-state index contributed by atoms with van der Waals surface area (Å²) in [6.07, 6.45) is 0. The average molecular weight is 215 g/mol. The first-order chi connectivity index (χ1) is 6.35. The van der Waals surface area contributed by atoms with Gasteiger partial charge in [0.15, 0.2) is 0 Å². The van der Waals surface area contributed by atoms with Crippen LogP contribution in [0.15, 0.2) is 0 Å². The molecule has 0 aromatic carbocycles. The lowest BCUT2D eigenvalue weighted by Gasteiger charge is -2.36. The Kier molecular flexibility index (Phi) is 2.74. The van der Waals surface area contributed by atoms with Crippen molar-refractivity contribution in [3.8, 4) is 0 Å². The van der Waals surface area contributed by atoms with Gasteiger partial charge in [-0.2, -0.15) is 4.48 Å². The SMILES string of the molecule is CC(C)[N+]1(C(C)C)C(=O)C(=O)NC1=S. The second-order valence-electron chi connectivity index (χ2n) is 4.03. The zero-order chi connectivity index (χ0) is 11.1. The van der Waals surface area contributed by atoms with E-state index >= 15 is 0 Å². The number of rotatable bonds is 2. The van der Waals surface area contributed by atoms with Gasteiger partial charge in [-0.3, -0.25) is 10.1 Å². The monoisotopic (exact) mass is 215 g/mol. The topological polar surface area (TPSA) is 46.2 Å². The van der Waals surface area contributed by atoms with Gasteiger partial charge in [0, 0.05) is 12.2 Å². The lowest BCUT2D eigenvalue weighted by Crippen LogP contribution is -2.62. The zero-order valence-corrected chi connectivity index (χ0v) is 9.64. The van der Waals surface area contributed by atoms with Crippen molar-refractivity contribution in [2.24, 2.45) is 0 Å². The van der Waals surface area contributed by atoms with Crippen LogP contribution in [0.2, 0.25) is 0 Å². The Hall–Kier alpha value is -0.810. The summed E-state index contributed by atoms with van der Waals surface area (Å²) in [4.78, 5) is 23.0. The molecule has 0 aromatic heterocycles. The van der Waals surface area contributed by atoms with E-state index in [2.05, 4.69) is 5.32 Å². The van der Waals surface area contributed by atoms with Crippen LogP contribution in [0.1, 0.15) is 27.7 Å². The second kappa shape index (κ2) is 3.40. The molecule has 1 N–H and O–H groups in total. The van der Waals surface area contributed by atoms with Crippen molar-refractivity contribution in [3.63, 3.8) is 0 Å². The Bertz CT molecular complexity index is 302. The molecule has 0 aromatic rings. The standard InChI is InChI=1S/C9H14N2O2S/c1-5(2)11(6(3)4)8(13)7(12)10-9(11)14/h5-6H,1-4H3/p+1. The van der Waals surface area contributed by atoms with E-state index in [0.29, 0.717) is 5.11 Å². The van der Waals surface area contributed by atoms with Crippen molar-refractivity contribution in [3.05, 3.63) is 0 Å². The molecule has 1 fully saturated rings. The van der Waals surface area contributed by atoms with Crippen LogP contribution in [0.25, 0.3) is 0 Å². The molecule has 0 atom stereocenters. The summed E-state index contributed by atoms with van der Waals surface area (Å²) in [7, 11) is 0. The number of amides is 2. The van der Waals surface area contributed by atoms with Gasteiger partial charge in [0.1, 0.15) is 0 Å². The Labute approximate surface area is 88.9 Å². The summed E-state index contributed by atoms with van der Waals surface area (Å²) in [6, 6.07) is -0.0390. The molecule has 0 unspecified atom stereocenters. The highest BCUT2D eigenvalue weighted by Crippen LogP contribution is 2.24. The van der Waals surface area contributed by atoms with Crippen LogP contribution >= 0.6 is 12.2 Å². The van der Waals surface area contributed by atoms with E-state index in [1.165, 1.54) is 0 Å². The highest BCUT2D eigenvalue weighted by atomic mass is 32.1. The van der Waals surface area contributed by atoms with E-state index < -0.39 is 11.8 Å². The third-order valence-electron chi connectivity index (χ3n) is 2.72. The number of hydrogen-bond donors (Lipinski definition) is 1. The number of quaternary nitrogens is 1. The molecule has 0 bridgehead atoms. The molecule has 0 saturated carbocycles. The average Bonchev–Trinajstić information content (AvgIpc) is 2.23. The normalized spacial score (nSPS) is 20.9. The molecular weight excluding hydrogens is 200 g/mol. The maximum Gasteiger partial charge on any atom is 0.411 e.